The molecule has 3 aromatic rings. The highest BCUT2D eigenvalue weighted by Crippen LogP contribution is 2.22. The lowest BCUT2D eigenvalue weighted by Crippen LogP contribution is -2.30. The zero-order valence-corrected chi connectivity index (χ0v) is 14.2. The van der Waals surface area contributed by atoms with Crippen molar-refractivity contribution in [2.45, 2.75) is 13.0 Å². The number of hydrogen-bond donors (Lipinski definition) is 1. The predicted octanol–water partition coefficient (Wildman–Crippen LogP) is 3.51. The number of carbonyl (C=O) groups is 2. The molecule has 25 heavy (non-hydrogen) atoms. The van der Waals surface area contributed by atoms with Crippen LogP contribution in [0.25, 0.3) is 4.96 Å². The molecule has 0 aliphatic heterocycles. The average Bonchev–Trinajstić information content (AvgIpc) is 3.10. The number of nitrogens with zero attached hydrogens (tertiary/aromatic N) is 2. The van der Waals surface area contributed by atoms with Crippen molar-refractivity contribution in [2.24, 2.45) is 0 Å². The summed E-state index contributed by atoms with van der Waals surface area (Å²) in [5.41, 5.74) is -0.370. The highest BCUT2D eigenvalue weighted by molar-refractivity contribution is 7.15. The van der Waals surface area contributed by atoms with Crippen molar-refractivity contribution in [2.75, 3.05) is 5.32 Å². The zero-order chi connectivity index (χ0) is 18.1. The quantitative estimate of drug-likeness (QED) is 0.697. The number of amides is 1. The van der Waals surface area contributed by atoms with E-state index in [0.29, 0.717) is 4.96 Å². The molecular formula is C15H10ClF2N3O3S. The molecule has 0 saturated heterocycles. The van der Waals surface area contributed by atoms with Crippen LogP contribution in [0, 0.1) is 11.6 Å². The molecule has 0 saturated carbocycles. The van der Waals surface area contributed by atoms with Crippen LogP contribution in [-0.4, -0.2) is 27.4 Å². The molecule has 0 unspecified atom stereocenters. The molecular weight excluding hydrogens is 376 g/mol. The van der Waals surface area contributed by atoms with E-state index in [1.54, 1.807) is 11.6 Å². The van der Waals surface area contributed by atoms with Gasteiger partial charge in [0.2, 0.25) is 0 Å². The predicted molar refractivity (Wildman–Crippen MR) is 87.9 cm³/mol. The lowest BCUT2D eigenvalue weighted by Gasteiger charge is -2.13. The lowest BCUT2D eigenvalue weighted by atomic mass is 10.2. The number of aromatic nitrogens is 2. The first kappa shape index (κ1) is 17.3. The second-order valence-electron chi connectivity index (χ2n) is 4.97. The van der Waals surface area contributed by atoms with Gasteiger partial charge in [-0.1, -0.05) is 11.6 Å². The first-order valence-electron chi connectivity index (χ1n) is 6.94. The number of rotatable bonds is 4. The summed E-state index contributed by atoms with van der Waals surface area (Å²) < 4.78 is 33.2. The Labute approximate surface area is 149 Å². The minimum absolute atomic E-state index is 0.0190. The van der Waals surface area contributed by atoms with Crippen LogP contribution in [0.5, 0.6) is 0 Å². The van der Waals surface area contributed by atoms with Gasteiger partial charge >= 0.3 is 5.97 Å². The third-order valence-corrected chi connectivity index (χ3v) is 4.27. The highest BCUT2D eigenvalue weighted by Gasteiger charge is 2.25. The fourth-order valence-electron chi connectivity index (χ4n) is 2.04. The number of ether oxygens (including phenoxy) is 1. The summed E-state index contributed by atoms with van der Waals surface area (Å²) in [6.45, 7) is 1.30. The Bertz CT molecular complexity index is 972. The van der Waals surface area contributed by atoms with E-state index in [9.17, 15) is 18.4 Å². The van der Waals surface area contributed by atoms with Gasteiger partial charge in [0.05, 0.1) is 5.69 Å². The van der Waals surface area contributed by atoms with Crippen LogP contribution < -0.4 is 5.32 Å². The van der Waals surface area contributed by atoms with Crippen molar-refractivity contribution in [3.05, 3.63) is 52.3 Å². The molecule has 1 N–H and O–H groups in total. The second-order valence-corrected chi connectivity index (χ2v) is 6.20. The second kappa shape index (κ2) is 6.77. The van der Waals surface area contributed by atoms with Gasteiger partial charge in [0.1, 0.15) is 11.6 Å². The van der Waals surface area contributed by atoms with E-state index in [1.165, 1.54) is 22.7 Å². The maximum Gasteiger partial charge on any atom is 0.359 e. The molecule has 0 bridgehead atoms. The maximum atomic E-state index is 13.6. The van der Waals surface area contributed by atoms with Crippen LogP contribution in [0.15, 0.2) is 29.8 Å². The van der Waals surface area contributed by atoms with E-state index in [-0.39, 0.29) is 16.5 Å². The Balaban J connectivity index is 1.73. The van der Waals surface area contributed by atoms with E-state index in [2.05, 4.69) is 10.3 Å². The van der Waals surface area contributed by atoms with Gasteiger partial charge in [-0.15, -0.1) is 11.3 Å². The zero-order valence-electron chi connectivity index (χ0n) is 12.6. The largest absolute Gasteiger partial charge is 0.448 e. The number of thiazole rings is 1. The summed E-state index contributed by atoms with van der Waals surface area (Å²) in [6, 6.07) is 2.62. The van der Waals surface area contributed by atoms with Gasteiger partial charge in [-0.25, -0.2) is 18.6 Å². The summed E-state index contributed by atoms with van der Waals surface area (Å²) in [7, 11) is 0. The van der Waals surface area contributed by atoms with Gasteiger partial charge in [-0.05, 0) is 19.1 Å². The number of benzene rings is 1. The fourth-order valence-corrected chi connectivity index (χ4v) is 3.05. The monoisotopic (exact) mass is 385 g/mol. The topological polar surface area (TPSA) is 72.7 Å². The van der Waals surface area contributed by atoms with Crippen LogP contribution in [0.3, 0.4) is 0 Å². The molecule has 0 aliphatic carbocycles. The standard InChI is InChI=1S/C15H10ClF2N3O3S/c1-7(13(22)19-10-6-8(17)2-3-9(10)18)24-14(23)11-12(16)20-15-21(11)4-5-25-15/h2-7H,1H3,(H,19,22)/t7-/m0/s1. The molecule has 2 heterocycles. The number of hydrogen-bond acceptors (Lipinski definition) is 5. The smallest absolute Gasteiger partial charge is 0.359 e. The van der Waals surface area contributed by atoms with Crippen LogP contribution in [0.4, 0.5) is 14.5 Å². The van der Waals surface area contributed by atoms with E-state index in [0.717, 1.165) is 18.2 Å². The van der Waals surface area contributed by atoms with Gasteiger partial charge in [0.15, 0.2) is 21.9 Å². The van der Waals surface area contributed by atoms with E-state index in [4.69, 9.17) is 16.3 Å². The molecule has 2 aromatic heterocycles. The van der Waals surface area contributed by atoms with Crippen LogP contribution >= 0.6 is 22.9 Å². The van der Waals surface area contributed by atoms with Crippen LogP contribution in [0.2, 0.25) is 5.15 Å². The van der Waals surface area contributed by atoms with Crippen LogP contribution in [0.1, 0.15) is 17.4 Å². The summed E-state index contributed by atoms with van der Waals surface area (Å²) in [5, 5.41) is 3.82. The first-order chi connectivity index (χ1) is 11.9. The Morgan fingerprint density at radius 1 is 1.40 bits per heavy atom. The molecule has 1 aromatic carbocycles. The normalized spacial score (nSPS) is 12.2. The van der Waals surface area contributed by atoms with Gasteiger partial charge in [0.25, 0.3) is 5.91 Å². The Morgan fingerprint density at radius 3 is 2.92 bits per heavy atom. The van der Waals surface area contributed by atoms with Gasteiger partial charge in [-0.2, -0.15) is 0 Å². The van der Waals surface area contributed by atoms with Crippen molar-refractivity contribution in [3.8, 4) is 0 Å². The SMILES string of the molecule is C[C@H](OC(=O)c1c(Cl)nc2sccn12)C(=O)Nc1cc(F)ccc1F. The van der Waals surface area contributed by atoms with Crippen molar-refractivity contribution >= 4 is 45.5 Å². The highest BCUT2D eigenvalue weighted by atomic mass is 35.5. The minimum Gasteiger partial charge on any atom is -0.448 e. The van der Waals surface area contributed by atoms with E-state index < -0.39 is 29.6 Å². The van der Waals surface area contributed by atoms with Crippen molar-refractivity contribution in [1.29, 1.82) is 0 Å². The average molecular weight is 386 g/mol. The van der Waals surface area contributed by atoms with Gasteiger partial charge in [-0.3, -0.25) is 9.20 Å². The molecule has 10 heteroatoms. The Morgan fingerprint density at radius 2 is 2.16 bits per heavy atom. The maximum absolute atomic E-state index is 13.6. The summed E-state index contributed by atoms with van der Waals surface area (Å²) in [4.78, 5) is 28.8. The molecule has 1 atom stereocenters. The number of esters is 1. The fraction of sp³-hybridized carbons (Fsp3) is 0.133. The summed E-state index contributed by atoms with van der Waals surface area (Å²) in [5.74, 6) is -3.21. The van der Waals surface area contributed by atoms with E-state index in [1.807, 2.05) is 0 Å². The number of carbonyl (C=O) groups excluding carboxylic acids is 2. The third-order valence-electron chi connectivity index (χ3n) is 3.25. The molecule has 0 spiro atoms. The molecule has 3 rings (SSSR count). The van der Waals surface area contributed by atoms with Crippen molar-refractivity contribution in [1.82, 2.24) is 9.38 Å². The number of imidazole rings is 1. The van der Waals surface area contributed by atoms with Gasteiger partial charge < -0.3 is 10.1 Å². The van der Waals surface area contributed by atoms with E-state index >= 15 is 0 Å². The molecule has 130 valence electrons. The summed E-state index contributed by atoms with van der Waals surface area (Å²) >= 11 is 7.19. The lowest BCUT2D eigenvalue weighted by molar-refractivity contribution is -0.123. The van der Waals surface area contributed by atoms with Crippen molar-refractivity contribution < 1.29 is 23.1 Å². The number of halogens is 3. The number of nitrogens with one attached hydrogen (secondary N) is 1. The summed E-state index contributed by atoms with van der Waals surface area (Å²) in [6.07, 6.45) is 0.318. The Hall–Kier alpha value is -2.52. The van der Waals surface area contributed by atoms with Crippen LogP contribution in [-0.2, 0) is 9.53 Å². The number of fused-ring (bicyclic) bond motifs is 1. The van der Waals surface area contributed by atoms with Gasteiger partial charge in [0, 0.05) is 17.6 Å². The molecule has 6 nitrogen and oxygen atoms in total. The molecule has 0 fully saturated rings. The third kappa shape index (κ3) is 3.47. The molecule has 0 radical (unpaired) electrons. The molecule has 0 aliphatic rings. The Kier molecular flexibility index (Phi) is 4.69. The molecule has 1 amide bonds. The minimum atomic E-state index is -1.27. The van der Waals surface area contributed by atoms with Crippen molar-refractivity contribution in [3.63, 3.8) is 0 Å². The number of anilines is 1. The first-order valence-corrected chi connectivity index (χ1v) is 8.20.